The molecule has 1 fully saturated rings. The van der Waals surface area contributed by atoms with E-state index in [0.717, 1.165) is 12.8 Å². The van der Waals surface area contributed by atoms with Crippen molar-refractivity contribution in [2.45, 2.75) is 39.2 Å². The van der Waals surface area contributed by atoms with Crippen LogP contribution in [0.4, 0.5) is 0 Å². The monoisotopic (exact) mass is 281 g/mol. The first-order valence-corrected chi connectivity index (χ1v) is 6.87. The van der Waals surface area contributed by atoms with Crippen LogP contribution in [0.1, 0.15) is 33.1 Å². The maximum atomic E-state index is 12.1. The van der Waals surface area contributed by atoms with Gasteiger partial charge in [-0.05, 0) is 24.8 Å². The fraction of sp³-hybridized carbons (Fsp3) is 0.786. The van der Waals surface area contributed by atoms with Gasteiger partial charge in [0.25, 0.3) is 0 Å². The van der Waals surface area contributed by atoms with Gasteiger partial charge < -0.3 is 10.0 Å². The van der Waals surface area contributed by atoms with Gasteiger partial charge in [0.05, 0.1) is 19.0 Å². The SMILES string of the molecule is CN(CCC#N)C(=O)CN1CCCC(C)(C)C1C(=O)O. The lowest BCUT2D eigenvalue weighted by Gasteiger charge is -2.44. The van der Waals surface area contributed by atoms with E-state index >= 15 is 0 Å². The number of hydrogen-bond acceptors (Lipinski definition) is 4. The van der Waals surface area contributed by atoms with Gasteiger partial charge in [-0.1, -0.05) is 13.8 Å². The molecule has 0 aromatic rings. The van der Waals surface area contributed by atoms with Gasteiger partial charge >= 0.3 is 5.97 Å². The largest absolute Gasteiger partial charge is 0.480 e. The van der Waals surface area contributed by atoms with E-state index in [4.69, 9.17) is 5.26 Å². The third kappa shape index (κ3) is 3.94. The minimum atomic E-state index is -0.873. The highest BCUT2D eigenvalue weighted by Gasteiger charge is 2.43. The van der Waals surface area contributed by atoms with Crippen molar-refractivity contribution in [2.75, 3.05) is 26.7 Å². The van der Waals surface area contributed by atoms with Gasteiger partial charge in [0.15, 0.2) is 0 Å². The summed E-state index contributed by atoms with van der Waals surface area (Å²) in [5, 5.41) is 18.0. The number of nitrogens with zero attached hydrogens (tertiary/aromatic N) is 3. The van der Waals surface area contributed by atoms with Gasteiger partial charge in [-0.3, -0.25) is 14.5 Å². The molecular weight excluding hydrogens is 258 g/mol. The topological polar surface area (TPSA) is 84.6 Å². The average Bonchev–Trinajstić information content (AvgIpc) is 2.34. The first-order valence-electron chi connectivity index (χ1n) is 6.87. The van der Waals surface area contributed by atoms with E-state index in [1.165, 1.54) is 4.90 Å². The summed E-state index contributed by atoms with van der Waals surface area (Å²) in [4.78, 5) is 26.8. The molecular formula is C14H23N3O3. The molecule has 0 aromatic carbocycles. The number of carboxylic acids is 1. The molecule has 112 valence electrons. The molecule has 0 saturated carbocycles. The van der Waals surface area contributed by atoms with Crippen LogP contribution in [-0.2, 0) is 9.59 Å². The number of amides is 1. The van der Waals surface area contributed by atoms with Crippen LogP contribution >= 0.6 is 0 Å². The summed E-state index contributed by atoms with van der Waals surface area (Å²) in [6.07, 6.45) is 2.03. The first-order chi connectivity index (χ1) is 9.29. The number of hydrogen-bond donors (Lipinski definition) is 1. The number of carbonyl (C=O) groups is 2. The van der Waals surface area contributed by atoms with E-state index in [0.29, 0.717) is 13.1 Å². The van der Waals surface area contributed by atoms with E-state index in [1.54, 1.807) is 11.9 Å². The van der Waals surface area contributed by atoms with Crippen LogP contribution in [0.2, 0.25) is 0 Å². The van der Waals surface area contributed by atoms with E-state index in [-0.39, 0.29) is 24.3 Å². The van der Waals surface area contributed by atoms with Crippen LogP contribution < -0.4 is 0 Å². The Morgan fingerprint density at radius 3 is 2.70 bits per heavy atom. The molecule has 0 bridgehead atoms. The van der Waals surface area contributed by atoms with Crippen LogP contribution in [0.5, 0.6) is 0 Å². The zero-order chi connectivity index (χ0) is 15.3. The van der Waals surface area contributed by atoms with Crippen molar-refractivity contribution in [3.63, 3.8) is 0 Å². The van der Waals surface area contributed by atoms with Gasteiger partial charge in [-0.2, -0.15) is 5.26 Å². The molecule has 1 rings (SSSR count). The number of aliphatic carboxylic acids is 1. The van der Waals surface area contributed by atoms with E-state index in [9.17, 15) is 14.7 Å². The highest BCUT2D eigenvalue weighted by molar-refractivity contribution is 5.80. The lowest BCUT2D eigenvalue weighted by atomic mass is 9.76. The molecule has 1 atom stereocenters. The fourth-order valence-corrected chi connectivity index (χ4v) is 2.80. The zero-order valence-electron chi connectivity index (χ0n) is 12.4. The van der Waals surface area contributed by atoms with Gasteiger partial charge in [0, 0.05) is 13.6 Å². The summed E-state index contributed by atoms with van der Waals surface area (Å²) in [5.74, 6) is -1.01. The molecule has 20 heavy (non-hydrogen) atoms. The number of rotatable bonds is 5. The zero-order valence-corrected chi connectivity index (χ0v) is 12.4. The third-order valence-corrected chi connectivity index (χ3v) is 3.93. The second kappa shape index (κ2) is 6.71. The molecule has 0 spiro atoms. The van der Waals surface area contributed by atoms with Crippen LogP contribution in [0.25, 0.3) is 0 Å². The Hall–Kier alpha value is -1.61. The van der Waals surface area contributed by atoms with Crippen LogP contribution in [0.3, 0.4) is 0 Å². The number of piperidine rings is 1. The second-order valence-corrected chi connectivity index (χ2v) is 6.03. The van der Waals surface area contributed by atoms with Crippen LogP contribution in [0.15, 0.2) is 0 Å². The maximum Gasteiger partial charge on any atom is 0.321 e. The number of carboxylic acid groups (broad SMARTS) is 1. The Bertz CT molecular complexity index is 414. The van der Waals surface area contributed by atoms with Crippen molar-refractivity contribution < 1.29 is 14.7 Å². The molecule has 1 aliphatic rings. The number of likely N-dealkylation sites (tertiary alicyclic amines) is 1. The predicted octanol–water partition coefficient (Wildman–Crippen LogP) is 0.934. The lowest BCUT2D eigenvalue weighted by Crippen LogP contribution is -2.56. The molecule has 6 heteroatoms. The van der Waals surface area contributed by atoms with E-state index in [1.807, 2.05) is 19.9 Å². The molecule has 1 saturated heterocycles. The molecule has 0 aromatic heterocycles. The molecule has 1 heterocycles. The van der Waals surface area contributed by atoms with Crippen molar-refractivity contribution in [3.05, 3.63) is 0 Å². The Balaban J connectivity index is 2.71. The maximum absolute atomic E-state index is 12.1. The predicted molar refractivity (Wildman–Crippen MR) is 73.9 cm³/mol. The summed E-state index contributed by atoms with van der Waals surface area (Å²) < 4.78 is 0. The number of carbonyl (C=O) groups excluding carboxylic acids is 1. The highest BCUT2D eigenvalue weighted by Crippen LogP contribution is 2.35. The normalized spacial score (nSPS) is 22.0. The molecule has 1 amide bonds. The smallest absolute Gasteiger partial charge is 0.321 e. The average molecular weight is 281 g/mol. The summed E-state index contributed by atoms with van der Waals surface area (Å²) in [6.45, 7) is 4.97. The minimum Gasteiger partial charge on any atom is -0.480 e. The fourth-order valence-electron chi connectivity index (χ4n) is 2.80. The van der Waals surface area contributed by atoms with Gasteiger partial charge in [0.1, 0.15) is 6.04 Å². The van der Waals surface area contributed by atoms with Crippen molar-refractivity contribution >= 4 is 11.9 Å². The first kappa shape index (κ1) is 16.4. The van der Waals surface area contributed by atoms with Gasteiger partial charge in [-0.25, -0.2) is 0 Å². The lowest BCUT2D eigenvalue weighted by molar-refractivity contribution is -0.152. The molecule has 0 aliphatic carbocycles. The standard InChI is InChI=1S/C14H23N3O3/c1-14(2)6-4-9-17(12(14)13(19)20)10-11(18)16(3)8-5-7-15/h12H,4-6,8-10H2,1-3H3,(H,19,20). The summed E-state index contributed by atoms with van der Waals surface area (Å²) >= 11 is 0. The Morgan fingerprint density at radius 2 is 2.15 bits per heavy atom. The highest BCUT2D eigenvalue weighted by atomic mass is 16.4. The number of likely N-dealkylation sites (N-methyl/N-ethyl adjacent to an activating group) is 1. The van der Waals surface area contributed by atoms with Crippen molar-refractivity contribution in [1.29, 1.82) is 5.26 Å². The van der Waals surface area contributed by atoms with E-state index in [2.05, 4.69) is 0 Å². The molecule has 1 N–H and O–H groups in total. The minimum absolute atomic E-state index is 0.0995. The van der Waals surface area contributed by atoms with Crippen molar-refractivity contribution in [2.24, 2.45) is 5.41 Å². The number of nitriles is 1. The van der Waals surface area contributed by atoms with Crippen molar-refractivity contribution in [1.82, 2.24) is 9.80 Å². The molecule has 0 radical (unpaired) electrons. The Morgan fingerprint density at radius 1 is 1.50 bits per heavy atom. The van der Waals surface area contributed by atoms with E-state index < -0.39 is 12.0 Å². The second-order valence-electron chi connectivity index (χ2n) is 6.03. The summed E-state index contributed by atoms with van der Waals surface area (Å²) in [7, 11) is 1.64. The van der Waals surface area contributed by atoms with Crippen LogP contribution in [-0.4, -0.2) is 59.5 Å². The Kier molecular flexibility index (Phi) is 5.52. The summed E-state index contributed by atoms with van der Waals surface area (Å²) in [5.41, 5.74) is -0.338. The molecule has 1 unspecified atom stereocenters. The van der Waals surface area contributed by atoms with Gasteiger partial charge in [0.2, 0.25) is 5.91 Å². The van der Waals surface area contributed by atoms with Gasteiger partial charge in [-0.15, -0.1) is 0 Å². The third-order valence-electron chi connectivity index (χ3n) is 3.93. The quantitative estimate of drug-likeness (QED) is 0.810. The van der Waals surface area contributed by atoms with Crippen LogP contribution in [0, 0.1) is 16.7 Å². The summed E-state index contributed by atoms with van der Waals surface area (Å²) in [6, 6.07) is 1.36. The molecule has 6 nitrogen and oxygen atoms in total. The Labute approximate surface area is 120 Å². The molecule has 1 aliphatic heterocycles. The van der Waals surface area contributed by atoms with Crippen molar-refractivity contribution in [3.8, 4) is 6.07 Å².